The normalized spacial score (nSPS) is 10.4. The van der Waals surface area contributed by atoms with Gasteiger partial charge in [-0.1, -0.05) is 0 Å². The molecule has 0 radical (unpaired) electrons. The Labute approximate surface area is 71.6 Å². The second-order valence-corrected chi connectivity index (χ2v) is 2.76. The van der Waals surface area contributed by atoms with E-state index in [1.54, 1.807) is 0 Å². The molecule has 0 aliphatic rings. The van der Waals surface area contributed by atoms with E-state index in [-0.39, 0.29) is 27.9 Å². The van der Waals surface area contributed by atoms with Gasteiger partial charge in [-0.05, 0) is 0 Å². The quantitative estimate of drug-likeness (QED) is 0.283. The molecule has 0 aromatic carbocycles. The summed E-state index contributed by atoms with van der Waals surface area (Å²) < 4.78 is 4.34. The van der Waals surface area contributed by atoms with Crippen LogP contribution in [0.5, 0.6) is 0 Å². The summed E-state index contributed by atoms with van der Waals surface area (Å²) in [6.45, 7) is -0.0336. The summed E-state index contributed by atoms with van der Waals surface area (Å²) in [6, 6.07) is 0. The second kappa shape index (κ2) is 6.97. The van der Waals surface area contributed by atoms with Crippen LogP contribution < -0.4 is 10.2 Å². The maximum atomic E-state index is 10.5. The molecule has 70 valence electrons. The smallest absolute Gasteiger partial charge is 0.319 e. The zero-order valence-corrected chi connectivity index (χ0v) is 7.59. The van der Waals surface area contributed by atoms with Gasteiger partial charge in [-0.3, -0.25) is 19.8 Å². The van der Waals surface area contributed by atoms with Crippen molar-refractivity contribution in [3.8, 4) is 0 Å². The Bertz CT molecular complexity index is 164. The minimum Gasteiger partial charge on any atom is -0.480 e. The Morgan fingerprint density at radius 3 is 2.50 bits per heavy atom. The van der Waals surface area contributed by atoms with Gasteiger partial charge >= 0.3 is 11.9 Å². The monoisotopic (exact) mass is 194 g/mol. The first-order valence-corrected chi connectivity index (χ1v) is 4.16. The standard InChI is InChI=1S/C5H11N2O4P/c1-11-5(10)3-7-12-6-2-4(8)9/h6-7,12H,2-3H2,1H3,(H,8,9). The Hall–Kier alpha value is -0.710. The molecule has 0 rings (SSSR count). The molecule has 1 unspecified atom stereocenters. The lowest BCUT2D eigenvalue weighted by Crippen LogP contribution is -2.23. The van der Waals surface area contributed by atoms with Crippen molar-refractivity contribution in [2.45, 2.75) is 0 Å². The van der Waals surface area contributed by atoms with Crippen LogP contribution in [-0.2, 0) is 14.3 Å². The van der Waals surface area contributed by atoms with Crippen molar-refractivity contribution in [1.29, 1.82) is 0 Å². The minimum atomic E-state index is -0.928. The van der Waals surface area contributed by atoms with Crippen LogP contribution in [-0.4, -0.2) is 37.2 Å². The lowest BCUT2D eigenvalue weighted by Gasteiger charge is -2.02. The largest absolute Gasteiger partial charge is 0.480 e. The van der Waals surface area contributed by atoms with E-state index in [1.807, 2.05) is 0 Å². The van der Waals surface area contributed by atoms with Gasteiger partial charge in [0.25, 0.3) is 0 Å². The highest BCUT2D eigenvalue weighted by molar-refractivity contribution is 7.33. The highest BCUT2D eigenvalue weighted by Crippen LogP contribution is 1.92. The van der Waals surface area contributed by atoms with Crippen LogP contribution in [0.25, 0.3) is 0 Å². The zero-order chi connectivity index (χ0) is 9.40. The van der Waals surface area contributed by atoms with Crippen LogP contribution in [0.3, 0.4) is 0 Å². The second-order valence-electron chi connectivity index (χ2n) is 1.80. The van der Waals surface area contributed by atoms with Gasteiger partial charge in [0.2, 0.25) is 0 Å². The maximum Gasteiger partial charge on any atom is 0.319 e. The van der Waals surface area contributed by atoms with E-state index in [2.05, 4.69) is 14.9 Å². The third-order valence-corrected chi connectivity index (χ3v) is 1.58. The number of carbonyl (C=O) groups excluding carboxylic acids is 1. The van der Waals surface area contributed by atoms with Crippen molar-refractivity contribution in [3.63, 3.8) is 0 Å². The first kappa shape index (κ1) is 11.3. The molecular weight excluding hydrogens is 183 g/mol. The molecule has 12 heavy (non-hydrogen) atoms. The zero-order valence-electron chi connectivity index (χ0n) is 6.59. The van der Waals surface area contributed by atoms with E-state index in [0.717, 1.165) is 0 Å². The van der Waals surface area contributed by atoms with Crippen LogP contribution in [0, 0.1) is 0 Å². The third-order valence-electron chi connectivity index (χ3n) is 0.877. The number of ether oxygens (including phenoxy) is 1. The van der Waals surface area contributed by atoms with Gasteiger partial charge < -0.3 is 9.84 Å². The Morgan fingerprint density at radius 2 is 2.00 bits per heavy atom. The van der Waals surface area contributed by atoms with E-state index in [0.29, 0.717) is 0 Å². The molecule has 0 fully saturated rings. The van der Waals surface area contributed by atoms with Crippen LogP contribution in [0.2, 0.25) is 0 Å². The van der Waals surface area contributed by atoms with Crippen molar-refractivity contribution in [3.05, 3.63) is 0 Å². The maximum absolute atomic E-state index is 10.5. The molecule has 3 N–H and O–H groups in total. The molecule has 0 spiro atoms. The molecule has 6 nitrogen and oxygen atoms in total. The molecule has 0 saturated carbocycles. The SMILES string of the molecule is COC(=O)CNPNCC(=O)O. The van der Waals surface area contributed by atoms with Gasteiger partial charge in [-0.25, -0.2) is 0 Å². The minimum absolute atomic E-state index is 0.0392. The van der Waals surface area contributed by atoms with Crippen molar-refractivity contribution >= 4 is 20.8 Å². The summed E-state index contributed by atoms with van der Waals surface area (Å²) in [4.78, 5) is 20.5. The lowest BCUT2D eigenvalue weighted by molar-refractivity contribution is -0.139. The highest BCUT2D eigenvalue weighted by atomic mass is 31.1. The molecule has 0 aromatic rings. The Balaban J connectivity index is 3.11. The molecule has 0 aliphatic heterocycles. The van der Waals surface area contributed by atoms with E-state index in [1.165, 1.54) is 7.11 Å². The number of hydrogen-bond donors (Lipinski definition) is 3. The lowest BCUT2D eigenvalue weighted by atomic mass is 10.7. The number of aliphatic carboxylic acids is 1. The number of carbonyl (C=O) groups is 2. The fraction of sp³-hybridized carbons (Fsp3) is 0.600. The summed E-state index contributed by atoms with van der Waals surface area (Å²) >= 11 is 0. The molecule has 0 amide bonds. The van der Waals surface area contributed by atoms with Crippen LogP contribution in [0.1, 0.15) is 0 Å². The van der Waals surface area contributed by atoms with E-state index in [4.69, 9.17) is 5.11 Å². The summed E-state index contributed by atoms with van der Waals surface area (Å²) in [6.07, 6.45) is 0. The van der Waals surface area contributed by atoms with Gasteiger partial charge in [0.05, 0.1) is 20.2 Å². The molecule has 1 atom stereocenters. The van der Waals surface area contributed by atoms with Gasteiger partial charge in [-0.15, -0.1) is 0 Å². The third kappa shape index (κ3) is 7.40. The Kier molecular flexibility index (Phi) is 6.55. The average Bonchev–Trinajstić information content (AvgIpc) is 2.03. The summed E-state index contributed by atoms with van der Waals surface area (Å²) in [5.74, 6) is -1.30. The molecule has 0 aromatic heterocycles. The van der Waals surface area contributed by atoms with Gasteiger partial charge in [0, 0.05) is 8.88 Å². The fourth-order valence-electron chi connectivity index (χ4n) is 0.371. The summed E-state index contributed by atoms with van der Waals surface area (Å²) in [5, 5.41) is 13.4. The van der Waals surface area contributed by atoms with Crippen LogP contribution in [0.15, 0.2) is 0 Å². The van der Waals surface area contributed by atoms with Crippen LogP contribution >= 0.6 is 8.88 Å². The number of carboxylic acids is 1. The first-order chi connectivity index (χ1) is 5.66. The van der Waals surface area contributed by atoms with E-state index >= 15 is 0 Å². The number of esters is 1. The summed E-state index contributed by atoms with van der Waals surface area (Å²) in [5.41, 5.74) is 0. The van der Waals surface area contributed by atoms with Crippen molar-refractivity contribution in [2.24, 2.45) is 0 Å². The fourth-order valence-corrected chi connectivity index (χ4v) is 0.968. The van der Waals surface area contributed by atoms with Gasteiger partial charge in [-0.2, -0.15) is 0 Å². The van der Waals surface area contributed by atoms with Crippen LogP contribution in [0.4, 0.5) is 0 Å². The number of carboxylic acid groups (broad SMARTS) is 1. The number of nitrogens with one attached hydrogen (secondary N) is 2. The highest BCUT2D eigenvalue weighted by Gasteiger charge is 1.98. The first-order valence-electron chi connectivity index (χ1n) is 3.16. The van der Waals surface area contributed by atoms with Gasteiger partial charge in [0.15, 0.2) is 0 Å². The number of rotatable bonds is 6. The molecule has 0 saturated heterocycles. The molecule has 0 aliphatic carbocycles. The van der Waals surface area contributed by atoms with Crippen molar-refractivity contribution in [1.82, 2.24) is 10.2 Å². The van der Waals surface area contributed by atoms with E-state index < -0.39 is 5.97 Å². The molecular formula is C5H11N2O4P. The molecule has 0 heterocycles. The topological polar surface area (TPSA) is 87.7 Å². The van der Waals surface area contributed by atoms with Crippen molar-refractivity contribution in [2.75, 3.05) is 20.2 Å². The molecule has 0 bridgehead atoms. The number of methoxy groups -OCH3 is 1. The summed E-state index contributed by atoms with van der Waals surface area (Å²) in [7, 11) is 1.33. The number of hydrogen-bond acceptors (Lipinski definition) is 5. The predicted molar refractivity (Wildman–Crippen MR) is 44.0 cm³/mol. The van der Waals surface area contributed by atoms with Gasteiger partial charge in [0.1, 0.15) is 0 Å². The average molecular weight is 194 g/mol. The Morgan fingerprint density at radius 1 is 1.42 bits per heavy atom. The predicted octanol–water partition coefficient (Wildman–Crippen LogP) is -1.07. The van der Waals surface area contributed by atoms with Crippen molar-refractivity contribution < 1.29 is 19.4 Å². The molecule has 7 heteroatoms. The van der Waals surface area contributed by atoms with E-state index in [9.17, 15) is 9.59 Å².